The fraction of sp³-hybridized carbons (Fsp3) is 0.214. The van der Waals surface area contributed by atoms with E-state index in [1.807, 2.05) is 6.08 Å². The van der Waals surface area contributed by atoms with Gasteiger partial charge in [-0.1, -0.05) is 11.6 Å². The van der Waals surface area contributed by atoms with E-state index in [0.29, 0.717) is 30.5 Å². The number of rotatable bonds is 6. The highest BCUT2D eigenvalue weighted by atomic mass is 32.2. The third-order valence-corrected chi connectivity index (χ3v) is 9.02. The highest BCUT2D eigenvalue weighted by Crippen LogP contribution is 2.45. The molecule has 4 aromatic rings. The number of nitrogens with zero attached hydrogens (tertiary/aromatic N) is 4. The molecule has 0 unspecified atom stereocenters. The third kappa shape index (κ3) is 4.72. The largest absolute Gasteiger partial charge is 0.477 e. The number of sulfonamides is 1. The van der Waals surface area contributed by atoms with Crippen LogP contribution in [0.4, 0.5) is 13.2 Å². The van der Waals surface area contributed by atoms with Crippen molar-refractivity contribution < 1.29 is 26.3 Å². The summed E-state index contributed by atoms with van der Waals surface area (Å²) in [6.45, 7) is 0.283. The smallest absolute Gasteiger partial charge is 0.243 e. The molecule has 2 aliphatic rings. The fourth-order valence-electron chi connectivity index (χ4n) is 5.29. The number of hydrogen-bond acceptors (Lipinski definition) is 5. The second kappa shape index (κ2) is 9.65. The second-order valence-corrected chi connectivity index (χ2v) is 11.7. The zero-order chi connectivity index (χ0) is 27.2. The SMILES string of the molecule is O=S(=O)(c1cc(F)cc(F)c1)N1CCC2=Cc3c(cnn3-c3ccc(F)cc3)C[C@]2(COc2ccccn2)C1. The normalized spacial score (nSPS) is 19.2. The molecule has 6 rings (SSSR count). The number of ether oxygens (including phenoxy) is 1. The lowest BCUT2D eigenvalue weighted by molar-refractivity contribution is 0.122. The van der Waals surface area contributed by atoms with Crippen LogP contribution in [0.5, 0.6) is 5.88 Å². The highest BCUT2D eigenvalue weighted by molar-refractivity contribution is 7.89. The van der Waals surface area contributed by atoms with Crippen molar-refractivity contribution in [1.82, 2.24) is 19.1 Å². The van der Waals surface area contributed by atoms with E-state index in [-0.39, 0.29) is 25.5 Å². The van der Waals surface area contributed by atoms with Crippen LogP contribution in [0.2, 0.25) is 0 Å². The Labute approximate surface area is 223 Å². The molecule has 1 fully saturated rings. The number of piperidine rings is 1. The van der Waals surface area contributed by atoms with Crippen molar-refractivity contribution in [2.75, 3.05) is 19.7 Å². The first-order valence-electron chi connectivity index (χ1n) is 12.3. The monoisotopic (exact) mass is 552 g/mol. The van der Waals surface area contributed by atoms with E-state index in [1.165, 1.54) is 16.4 Å². The van der Waals surface area contributed by atoms with Gasteiger partial charge in [-0.15, -0.1) is 0 Å². The Balaban J connectivity index is 1.38. The van der Waals surface area contributed by atoms with Gasteiger partial charge in [0.25, 0.3) is 0 Å². The highest BCUT2D eigenvalue weighted by Gasteiger charge is 2.47. The molecule has 1 saturated heterocycles. The van der Waals surface area contributed by atoms with Crippen molar-refractivity contribution >= 4 is 16.1 Å². The average Bonchev–Trinajstić information content (AvgIpc) is 3.33. The van der Waals surface area contributed by atoms with Crippen molar-refractivity contribution in [3.05, 3.63) is 107 Å². The summed E-state index contributed by atoms with van der Waals surface area (Å²) in [6.07, 6.45) is 6.08. The van der Waals surface area contributed by atoms with Gasteiger partial charge in [0.1, 0.15) is 24.1 Å². The van der Waals surface area contributed by atoms with Crippen LogP contribution in [0.1, 0.15) is 17.7 Å². The van der Waals surface area contributed by atoms with Gasteiger partial charge < -0.3 is 4.74 Å². The van der Waals surface area contributed by atoms with E-state index in [9.17, 15) is 21.6 Å². The van der Waals surface area contributed by atoms with Gasteiger partial charge >= 0.3 is 0 Å². The van der Waals surface area contributed by atoms with Crippen molar-refractivity contribution in [3.63, 3.8) is 0 Å². The zero-order valence-corrected chi connectivity index (χ0v) is 21.4. The van der Waals surface area contributed by atoms with Crippen LogP contribution >= 0.6 is 0 Å². The van der Waals surface area contributed by atoms with Crippen LogP contribution < -0.4 is 4.74 Å². The van der Waals surface area contributed by atoms with Gasteiger partial charge in [-0.3, -0.25) is 0 Å². The molecule has 2 aromatic carbocycles. The van der Waals surface area contributed by atoms with Crippen LogP contribution in [0.25, 0.3) is 11.8 Å². The lowest BCUT2D eigenvalue weighted by atomic mass is 9.69. The van der Waals surface area contributed by atoms with Crippen LogP contribution in [0.15, 0.2) is 83.5 Å². The Hall–Kier alpha value is -3.96. The number of hydrogen-bond donors (Lipinski definition) is 0. The second-order valence-electron chi connectivity index (χ2n) is 9.72. The van der Waals surface area contributed by atoms with E-state index < -0.39 is 32.0 Å². The standard InChI is InChI=1S/C28H23F3N4O3S/c29-21-4-6-24(7-5-21)35-26-11-20-8-10-34(39(36,37)25-13-22(30)12-23(31)14-25)17-28(20,15-19(26)16-33-35)18-38-27-3-1-2-9-32-27/h1-7,9,11-14,16H,8,10,15,17-18H2/t28-/m1/s1. The minimum atomic E-state index is -4.20. The number of aromatic nitrogens is 3. The summed E-state index contributed by atoms with van der Waals surface area (Å²) < 4.78 is 77.4. The summed E-state index contributed by atoms with van der Waals surface area (Å²) in [6, 6.07) is 13.6. The molecular formula is C28H23F3N4O3S. The number of fused-ring (bicyclic) bond motifs is 2. The van der Waals surface area contributed by atoms with Crippen molar-refractivity contribution in [1.29, 1.82) is 0 Å². The molecule has 0 spiro atoms. The minimum Gasteiger partial charge on any atom is -0.477 e. The van der Waals surface area contributed by atoms with Crippen LogP contribution in [0.3, 0.4) is 0 Å². The summed E-state index contributed by atoms with van der Waals surface area (Å²) in [7, 11) is -4.20. The first-order valence-corrected chi connectivity index (χ1v) is 13.7. The van der Waals surface area contributed by atoms with Gasteiger partial charge in [-0.2, -0.15) is 9.40 Å². The molecule has 200 valence electrons. The summed E-state index contributed by atoms with van der Waals surface area (Å²) in [5.74, 6) is -1.88. The van der Waals surface area contributed by atoms with E-state index in [1.54, 1.807) is 47.4 Å². The summed E-state index contributed by atoms with van der Waals surface area (Å²) >= 11 is 0. The maximum atomic E-state index is 13.9. The molecule has 3 heterocycles. The predicted molar refractivity (Wildman–Crippen MR) is 137 cm³/mol. The minimum absolute atomic E-state index is 0.0350. The van der Waals surface area contributed by atoms with Gasteiger partial charge in [0.15, 0.2) is 0 Å². The summed E-state index contributed by atoms with van der Waals surface area (Å²) in [5.41, 5.74) is 2.57. The molecule has 11 heteroatoms. The van der Waals surface area contributed by atoms with Gasteiger partial charge in [0.05, 0.1) is 22.5 Å². The average molecular weight is 553 g/mol. The fourth-order valence-corrected chi connectivity index (χ4v) is 6.86. The van der Waals surface area contributed by atoms with Gasteiger partial charge in [0.2, 0.25) is 15.9 Å². The maximum absolute atomic E-state index is 13.9. The third-order valence-electron chi connectivity index (χ3n) is 7.20. The Kier molecular flexibility index (Phi) is 6.27. The molecule has 1 aliphatic heterocycles. The molecule has 0 N–H and O–H groups in total. The topological polar surface area (TPSA) is 77.3 Å². The lowest BCUT2D eigenvalue weighted by Gasteiger charge is -2.45. The summed E-state index contributed by atoms with van der Waals surface area (Å²) in [5, 5.41) is 4.52. The quantitative estimate of drug-likeness (QED) is 0.344. The first-order chi connectivity index (χ1) is 18.7. The first kappa shape index (κ1) is 25.3. The molecule has 0 saturated carbocycles. The van der Waals surface area contributed by atoms with Crippen molar-refractivity contribution in [2.45, 2.75) is 17.7 Å². The summed E-state index contributed by atoms with van der Waals surface area (Å²) in [4.78, 5) is 3.79. The van der Waals surface area contributed by atoms with Gasteiger partial charge in [-0.25, -0.2) is 31.3 Å². The number of pyridine rings is 1. The van der Waals surface area contributed by atoms with E-state index in [2.05, 4.69) is 10.1 Å². The lowest BCUT2D eigenvalue weighted by Crippen LogP contribution is -2.52. The molecule has 0 bridgehead atoms. The van der Waals surface area contributed by atoms with E-state index in [4.69, 9.17) is 4.74 Å². The molecule has 1 atom stereocenters. The Morgan fingerprint density at radius 2 is 1.74 bits per heavy atom. The molecule has 39 heavy (non-hydrogen) atoms. The van der Waals surface area contributed by atoms with Crippen LogP contribution in [0, 0.1) is 22.9 Å². The number of halogens is 3. The molecule has 7 nitrogen and oxygen atoms in total. The number of benzene rings is 2. The van der Waals surface area contributed by atoms with Crippen LogP contribution in [-0.4, -0.2) is 47.2 Å². The molecular weight excluding hydrogens is 529 g/mol. The van der Waals surface area contributed by atoms with Crippen molar-refractivity contribution in [2.24, 2.45) is 5.41 Å². The molecule has 0 radical (unpaired) electrons. The van der Waals surface area contributed by atoms with E-state index >= 15 is 0 Å². The zero-order valence-electron chi connectivity index (χ0n) is 20.6. The van der Waals surface area contributed by atoms with Crippen molar-refractivity contribution in [3.8, 4) is 11.6 Å². The maximum Gasteiger partial charge on any atom is 0.243 e. The predicted octanol–water partition coefficient (Wildman–Crippen LogP) is 4.78. The Morgan fingerprint density at radius 1 is 0.974 bits per heavy atom. The molecule has 2 aromatic heterocycles. The van der Waals surface area contributed by atoms with E-state index in [0.717, 1.165) is 29.0 Å². The Morgan fingerprint density at radius 3 is 2.46 bits per heavy atom. The van der Waals surface area contributed by atoms with Crippen LogP contribution in [-0.2, 0) is 16.4 Å². The Bertz CT molecular complexity index is 1650. The van der Waals surface area contributed by atoms with Gasteiger partial charge in [0, 0.05) is 36.8 Å². The van der Waals surface area contributed by atoms with Gasteiger partial charge in [-0.05, 0) is 66.9 Å². The molecule has 1 aliphatic carbocycles. The molecule has 0 amide bonds.